The number of benzene rings is 1. The van der Waals surface area contributed by atoms with E-state index in [4.69, 9.17) is 0 Å². The highest BCUT2D eigenvalue weighted by atomic mass is 35.5. The second-order valence-corrected chi connectivity index (χ2v) is 4.48. The Bertz CT molecular complexity index is 403. The molecule has 0 saturated carbocycles. The SMILES string of the molecule is C=C[C@H](c1ccc(C)c(F)c1)N1CCNCC1.Cl. The molecule has 0 amide bonds. The van der Waals surface area contributed by atoms with E-state index in [2.05, 4.69) is 16.8 Å². The summed E-state index contributed by atoms with van der Waals surface area (Å²) in [6, 6.07) is 5.58. The highest BCUT2D eigenvalue weighted by Crippen LogP contribution is 2.23. The number of aryl methyl sites for hydroxylation is 1. The van der Waals surface area contributed by atoms with Crippen LogP contribution >= 0.6 is 12.4 Å². The number of hydrogen-bond acceptors (Lipinski definition) is 2. The Morgan fingerprint density at radius 2 is 2.06 bits per heavy atom. The Morgan fingerprint density at radius 1 is 1.39 bits per heavy atom. The van der Waals surface area contributed by atoms with Gasteiger partial charge in [0.15, 0.2) is 0 Å². The minimum Gasteiger partial charge on any atom is -0.314 e. The van der Waals surface area contributed by atoms with Crippen LogP contribution in [-0.2, 0) is 0 Å². The van der Waals surface area contributed by atoms with E-state index in [1.54, 1.807) is 13.0 Å². The number of nitrogens with zero attached hydrogens (tertiary/aromatic N) is 1. The maximum atomic E-state index is 13.6. The molecule has 0 spiro atoms. The molecule has 0 unspecified atom stereocenters. The normalized spacial score (nSPS) is 17.9. The lowest BCUT2D eigenvalue weighted by Gasteiger charge is -2.33. The first-order valence-corrected chi connectivity index (χ1v) is 6.06. The van der Waals surface area contributed by atoms with Crippen LogP contribution in [0.25, 0.3) is 0 Å². The molecule has 0 bridgehead atoms. The standard InChI is InChI=1S/C14H19FN2.ClH/c1-3-14(17-8-6-16-7-9-17)12-5-4-11(2)13(15)10-12;/h3-5,10,14,16H,1,6-9H2,2H3;1H/t14-;/m1./s1. The molecule has 1 N–H and O–H groups in total. The summed E-state index contributed by atoms with van der Waals surface area (Å²) in [5.74, 6) is -0.135. The van der Waals surface area contributed by atoms with Gasteiger partial charge >= 0.3 is 0 Å². The van der Waals surface area contributed by atoms with Gasteiger partial charge in [-0.1, -0.05) is 18.2 Å². The molecule has 1 atom stereocenters. The summed E-state index contributed by atoms with van der Waals surface area (Å²) in [6.45, 7) is 9.59. The van der Waals surface area contributed by atoms with Crippen LogP contribution in [0.2, 0.25) is 0 Å². The van der Waals surface area contributed by atoms with Gasteiger partial charge in [-0.05, 0) is 24.1 Å². The van der Waals surface area contributed by atoms with E-state index >= 15 is 0 Å². The summed E-state index contributed by atoms with van der Waals surface area (Å²) in [5.41, 5.74) is 1.68. The van der Waals surface area contributed by atoms with Crippen LogP contribution in [0, 0.1) is 12.7 Å². The van der Waals surface area contributed by atoms with Crippen molar-refractivity contribution < 1.29 is 4.39 Å². The fourth-order valence-electron chi connectivity index (χ4n) is 2.25. The van der Waals surface area contributed by atoms with Gasteiger partial charge in [0.25, 0.3) is 0 Å². The molecule has 4 heteroatoms. The van der Waals surface area contributed by atoms with Crippen molar-refractivity contribution in [3.8, 4) is 0 Å². The molecule has 2 nitrogen and oxygen atoms in total. The van der Waals surface area contributed by atoms with Crippen LogP contribution < -0.4 is 5.32 Å². The highest BCUT2D eigenvalue weighted by molar-refractivity contribution is 5.85. The van der Waals surface area contributed by atoms with E-state index in [-0.39, 0.29) is 24.3 Å². The van der Waals surface area contributed by atoms with Crippen molar-refractivity contribution in [1.82, 2.24) is 10.2 Å². The molecule has 1 aromatic rings. The van der Waals surface area contributed by atoms with E-state index in [9.17, 15) is 4.39 Å². The van der Waals surface area contributed by atoms with Crippen molar-refractivity contribution in [2.75, 3.05) is 26.2 Å². The Balaban J connectivity index is 0.00000162. The first-order chi connectivity index (χ1) is 8.22. The minimum atomic E-state index is -0.135. The first-order valence-electron chi connectivity index (χ1n) is 6.06. The van der Waals surface area contributed by atoms with E-state index in [1.165, 1.54) is 0 Å². The predicted octanol–water partition coefficient (Wildman–Crippen LogP) is 2.69. The second-order valence-electron chi connectivity index (χ2n) is 4.48. The fourth-order valence-corrected chi connectivity index (χ4v) is 2.25. The van der Waals surface area contributed by atoms with Crippen molar-refractivity contribution in [3.63, 3.8) is 0 Å². The molecule has 1 saturated heterocycles. The second kappa shape index (κ2) is 6.88. The Hall–Kier alpha value is -0.900. The zero-order valence-electron chi connectivity index (χ0n) is 10.7. The molecule has 0 aromatic heterocycles. The van der Waals surface area contributed by atoms with Gasteiger partial charge in [-0.2, -0.15) is 0 Å². The van der Waals surface area contributed by atoms with Crippen LogP contribution in [0.5, 0.6) is 0 Å². The summed E-state index contributed by atoms with van der Waals surface area (Å²) >= 11 is 0. The number of halogens is 2. The zero-order chi connectivity index (χ0) is 12.3. The van der Waals surface area contributed by atoms with Crippen LogP contribution in [0.4, 0.5) is 4.39 Å². The monoisotopic (exact) mass is 270 g/mol. The maximum absolute atomic E-state index is 13.6. The van der Waals surface area contributed by atoms with Gasteiger partial charge < -0.3 is 5.32 Å². The first kappa shape index (κ1) is 15.2. The van der Waals surface area contributed by atoms with Crippen molar-refractivity contribution in [2.24, 2.45) is 0 Å². The number of piperazine rings is 1. The molecular weight excluding hydrogens is 251 g/mol. The van der Waals surface area contributed by atoms with Gasteiger partial charge in [0.2, 0.25) is 0 Å². The van der Waals surface area contributed by atoms with Crippen LogP contribution in [0.15, 0.2) is 30.9 Å². The average Bonchev–Trinajstić information content (AvgIpc) is 2.36. The van der Waals surface area contributed by atoms with Crippen LogP contribution in [-0.4, -0.2) is 31.1 Å². The lowest BCUT2D eigenvalue weighted by molar-refractivity contribution is 0.203. The largest absolute Gasteiger partial charge is 0.314 e. The van der Waals surface area contributed by atoms with E-state index in [0.29, 0.717) is 5.56 Å². The lowest BCUT2D eigenvalue weighted by atomic mass is 10.0. The van der Waals surface area contributed by atoms with Crippen molar-refractivity contribution in [3.05, 3.63) is 47.8 Å². The van der Waals surface area contributed by atoms with Gasteiger partial charge in [0.1, 0.15) is 5.82 Å². The van der Waals surface area contributed by atoms with E-state index < -0.39 is 0 Å². The average molecular weight is 271 g/mol. The van der Waals surface area contributed by atoms with Gasteiger partial charge in [-0.15, -0.1) is 19.0 Å². The predicted molar refractivity (Wildman–Crippen MR) is 75.8 cm³/mol. The molecule has 1 fully saturated rings. The maximum Gasteiger partial charge on any atom is 0.126 e. The molecule has 1 heterocycles. The summed E-state index contributed by atoms with van der Waals surface area (Å²) < 4.78 is 13.6. The Morgan fingerprint density at radius 3 is 2.61 bits per heavy atom. The summed E-state index contributed by atoms with van der Waals surface area (Å²) in [5, 5.41) is 3.32. The third-order valence-corrected chi connectivity index (χ3v) is 3.31. The topological polar surface area (TPSA) is 15.3 Å². The number of nitrogens with one attached hydrogen (secondary N) is 1. The third-order valence-electron chi connectivity index (χ3n) is 3.31. The van der Waals surface area contributed by atoms with Gasteiger partial charge in [0.05, 0.1) is 6.04 Å². The van der Waals surface area contributed by atoms with Crippen LogP contribution in [0.1, 0.15) is 17.2 Å². The number of rotatable bonds is 3. The zero-order valence-corrected chi connectivity index (χ0v) is 11.5. The summed E-state index contributed by atoms with van der Waals surface area (Å²) in [7, 11) is 0. The van der Waals surface area contributed by atoms with Crippen molar-refractivity contribution in [2.45, 2.75) is 13.0 Å². The summed E-state index contributed by atoms with van der Waals surface area (Å²) in [4.78, 5) is 2.33. The lowest BCUT2D eigenvalue weighted by Crippen LogP contribution is -2.44. The van der Waals surface area contributed by atoms with E-state index in [1.807, 2.05) is 18.2 Å². The Kier molecular flexibility index (Phi) is 5.79. The highest BCUT2D eigenvalue weighted by Gasteiger charge is 2.19. The van der Waals surface area contributed by atoms with Gasteiger partial charge in [-0.25, -0.2) is 4.39 Å². The number of hydrogen-bond donors (Lipinski definition) is 1. The third kappa shape index (κ3) is 3.31. The van der Waals surface area contributed by atoms with Crippen LogP contribution in [0.3, 0.4) is 0 Å². The van der Waals surface area contributed by atoms with Gasteiger partial charge in [-0.3, -0.25) is 4.90 Å². The molecule has 18 heavy (non-hydrogen) atoms. The molecule has 1 aliphatic rings. The van der Waals surface area contributed by atoms with Crippen molar-refractivity contribution in [1.29, 1.82) is 0 Å². The molecule has 0 aliphatic carbocycles. The Labute approximate surface area is 114 Å². The van der Waals surface area contributed by atoms with Gasteiger partial charge in [0, 0.05) is 26.2 Å². The van der Waals surface area contributed by atoms with Crippen molar-refractivity contribution >= 4 is 12.4 Å². The molecule has 1 aromatic carbocycles. The molecule has 100 valence electrons. The quantitative estimate of drug-likeness (QED) is 0.850. The summed E-state index contributed by atoms with van der Waals surface area (Å²) in [6.07, 6.45) is 1.90. The minimum absolute atomic E-state index is 0. The fraction of sp³-hybridized carbons (Fsp3) is 0.429. The van der Waals surface area contributed by atoms with E-state index in [0.717, 1.165) is 31.7 Å². The smallest absolute Gasteiger partial charge is 0.126 e. The molecular formula is C14H20ClFN2. The molecule has 0 radical (unpaired) electrons. The molecule has 2 rings (SSSR count). The molecule has 1 aliphatic heterocycles.